The molecule has 1 fully saturated rings. The van der Waals surface area contributed by atoms with Crippen molar-refractivity contribution in [1.29, 1.82) is 0 Å². The summed E-state index contributed by atoms with van der Waals surface area (Å²) in [4.78, 5) is 26.0. The molecular weight excluding hydrogens is 361 g/mol. The second kappa shape index (κ2) is 8.52. The van der Waals surface area contributed by atoms with Gasteiger partial charge < -0.3 is 11.1 Å². The monoisotopic (exact) mass is 387 g/mol. The number of halogens is 1. The summed E-state index contributed by atoms with van der Waals surface area (Å²) in [6.45, 7) is 5.57. The molecule has 7 nitrogen and oxygen atoms in total. The minimum atomic E-state index is -0.366. The molecule has 1 saturated heterocycles. The maximum atomic E-state index is 13.2. The van der Waals surface area contributed by atoms with E-state index in [2.05, 4.69) is 10.4 Å². The number of amides is 2. The number of likely N-dealkylation sites (tertiary alicyclic amines) is 1. The molecule has 1 aliphatic rings. The quantitative estimate of drug-likeness (QED) is 0.791. The minimum absolute atomic E-state index is 0.0465. The van der Waals surface area contributed by atoms with Gasteiger partial charge in [0.05, 0.1) is 29.7 Å². The first-order valence-corrected chi connectivity index (χ1v) is 9.50. The molecule has 2 heterocycles. The smallest absolute Gasteiger partial charge is 0.255 e. The number of carbonyl (C=O) groups is 2. The summed E-state index contributed by atoms with van der Waals surface area (Å²) in [6.07, 6.45) is 3.30. The molecule has 150 valence electrons. The highest BCUT2D eigenvalue weighted by atomic mass is 19.1. The second-order valence-electron chi connectivity index (χ2n) is 7.50. The number of primary amides is 1. The predicted molar refractivity (Wildman–Crippen MR) is 104 cm³/mol. The molecule has 0 spiro atoms. The lowest BCUT2D eigenvalue weighted by Gasteiger charge is -2.32. The van der Waals surface area contributed by atoms with Crippen molar-refractivity contribution in [2.24, 2.45) is 5.73 Å². The van der Waals surface area contributed by atoms with Crippen LogP contribution in [0, 0.1) is 5.82 Å². The van der Waals surface area contributed by atoms with Gasteiger partial charge in [-0.2, -0.15) is 5.10 Å². The van der Waals surface area contributed by atoms with Crippen molar-refractivity contribution >= 4 is 11.8 Å². The van der Waals surface area contributed by atoms with Crippen molar-refractivity contribution in [3.8, 4) is 5.69 Å². The Balaban J connectivity index is 1.78. The van der Waals surface area contributed by atoms with E-state index in [1.54, 1.807) is 23.0 Å². The van der Waals surface area contributed by atoms with Gasteiger partial charge in [-0.25, -0.2) is 9.07 Å². The standard InChI is InChI=1S/C20H26FN5O2/c1-13(2)19-17(10-23-26(19)16-7-5-14(21)6-8-16)20(28)24-15-4-3-9-25(11-15)12-18(22)27/h5-8,10,13,15H,3-4,9,11-12H2,1-2H3,(H2,22,27)(H,24,28). The number of benzene rings is 1. The fraction of sp³-hybridized carbons (Fsp3) is 0.450. The van der Waals surface area contributed by atoms with Crippen molar-refractivity contribution < 1.29 is 14.0 Å². The summed E-state index contributed by atoms with van der Waals surface area (Å²) in [5, 5.41) is 7.43. The molecule has 2 aromatic rings. The molecule has 28 heavy (non-hydrogen) atoms. The Morgan fingerprint density at radius 3 is 2.68 bits per heavy atom. The van der Waals surface area contributed by atoms with Crippen molar-refractivity contribution in [1.82, 2.24) is 20.0 Å². The third-order valence-corrected chi connectivity index (χ3v) is 4.89. The highest BCUT2D eigenvalue weighted by molar-refractivity contribution is 5.95. The van der Waals surface area contributed by atoms with Gasteiger partial charge in [-0.15, -0.1) is 0 Å². The molecule has 0 saturated carbocycles. The van der Waals surface area contributed by atoms with Gasteiger partial charge in [0.15, 0.2) is 0 Å². The highest BCUT2D eigenvalue weighted by Gasteiger charge is 2.26. The fourth-order valence-electron chi connectivity index (χ4n) is 3.68. The van der Waals surface area contributed by atoms with Crippen LogP contribution < -0.4 is 11.1 Å². The van der Waals surface area contributed by atoms with E-state index >= 15 is 0 Å². The van der Waals surface area contributed by atoms with Crippen molar-refractivity contribution in [2.75, 3.05) is 19.6 Å². The first-order valence-electron chi connectivity index (χ1n) is 9.50. The number of piperidine rings is 1. The highest BCUT2D eigenvalue weighted by Crippen LogP contribution is 2.23. The van der Waals surface area contributed by atoms with Crippen LogP contribution in [0.1, 0.15) is 48.7 Å². The van der Waals surface area contributed by atoms with E-state index in [-0.39, 0.29) is 36.1 Å². The van der Waals surface area contributed by atoms with E-state index in [1.807, 2.05) is 18.7 Å². The maximum Gasteiger partial charge on any atom is 0.255 e. The number of hydrogen-bond donors (Lipinski definition) is 2. The van der Waals surface area contributed by atoms with Crippen LogP contribution >= 0.6 is 0 Å². The number of hydrogen-bond acceptors (Lipinski definition) is 4. The van der Waals surface area contributed by atoms with E-state index in [9.17, 15) is 14.0 Å². The molecular formula is C20H26FN5O2. The Bertz CT molecular complexity index is 847. The van der Waals surface area contributed by atoms with E-state index in [0.717, 1.165) is 25.1 Å². The van der Waals surface area contributed by atoms with Crippen LogP contribution in [0.2, 0.25) is 0 Å². The molecule has 0 bridgehead atoms. The minimum Gasteiger partial charge on any atom is -0.369 e. The first-order chi connectivity index (χ1) is 13.3. The molecule has 1 unspecified atom stereocenters. The van der Waals surface area contributed by atoms with Gasteiger partial charge in [0.2, 0.25) is 5.91 Å². The lowest BCUT2D eigenvalue weighted by molar-refractivity contribution is -0.119. The fourth-order valence-corrected chi connectivity index (χ4v) is 3.68. The zero-order valence-corrected chi connectivity index (χ0v) is 16.2. The maximum absolute atomic E-state index is 13.2. The molecule has 0 radical (unpaired) electrons. The molecule has 1 aromatic carbocycles. The third-order valence-electron chi connectivity index (χ3n) is 4.89. The van der Waals surface area contributed by atoms with E-state index in [0.29, 0.717) is 17.8 Å². The average Bonchev–Trinajstić information content (AvgIpc) is 3.07. The summed E-state index contributed by atoms with van der Waals surface area (Å²) in [7, 11) is 0. The number of rotatable bonds is 6. The summed E-state index contributed by atoms with van der Waals surface area (Å²) in [6, 6.07) is 5.97. The van der Waals surface area contributed by atoms with Crippen LogP contribution in [-0.4, -0.2) is 52.2 Å². The van der Waals surface area contributed by atoms with Crippen LogP contribution in [-0.2, 0) is 4.79 Å². The Morgan fingerprint density at radius 1 is 1.32 bits per heavy atom. The van der Waals surface area contributed by atoms with Crippen LogP contribution in [0.5, 0.6) is 0 Å². The van der Waals surface area contributed by atoms with E-state index < -0.39 is 0 Å². The third kappa shape index (κ3) is 4.56. The zero-order valence-electron chi connectivity index (χ0n) is 16.2. The van der Waals surface area contributed by atoms with Crippen LogP contribution in [0.3, 0.4) is 0 Å². The van der Waals surface area contributed by atoms with Crippen LogP contribution in [0.4, 0.5) is 4.39 Å². The number of nitrogens with zero attached hydrogens (tertiary/aromatic N) is 3. The van der Waals surface area contributed by atoms with Gasteiger partial charge in [-0.3, -0.25) is 14.5 Å². The normalized spacial score (nSPS) is 17.6. The topological polar surface area (TPSA) is 93.2 Å². The van der Waals surface area contributed by atoms with E-state index in [4.69, 9.17) is 5.73 Å². The summed E-state index contributed by atoms with van der Waals surface area (Å²) < 4.78 is 14.9. The molecule has 1 atom stereocenters. The molecule has 8 heteroatoms. The predicted octanol–water partition coefficient (Wildman–Crippen LogP) is 1.81. The van der Waals surface area contributed by atoms with Gasteiger partial charge in [0.25, 0.3) is 5.91 Å². The average molecular weight is 387 g/mol. The summed E-state index contributed by atoms with van der Waals surface area (Å²) in [5.41, 5.74) is 7.26. The Hall–Kier alpha value is -2.74. The summed E-state index contributed by atoms with van der Waals surface area (Å²) in [5.74, 6) is -0.832. The van der Waals surface area contributed by atoms with Gasteiger partial charge in [0.1, 0.15) is 5.82 Å². The van der Waals surface area contributed by atoms with Gasteiger partial charge >= 0.3 is 0 Å². The Labute approximate surface area is 163 Å². The molecule has 1 aromatic heterocycles. The number of nitrogens with two attached hydrogens (primary N) is 1. The van der Waals surface area contributed by atoms with Gasteiger partial charge in [-0.1, -0.05) is 13.8 Å². The number of aromatic nitrogens is 2. The molecule has 3 N–H and O–H groups in total. The Morgan fingerprint density at radius 2 is 2.04 bits per heavy atom. The van der Waals surface area contributed by atoms with Crippen LogP contribution in [0.25, 0.3) is 5.69 Å². The van der Waals surface area contributed by atoms with Crippen molar-refractivity contribution in [3.63, 3.8) is 0 Å². The lowest BCUT2D eigenvalue weighted by Crippen LogP contribution is -2.49. The zero-order chi connectivity index (χ0) is 20.3. The molecule has 0 aliphatic carbocycles. The number of carbonyl (C=O) groups excluding carboxylic acids is 2. The van der Waals surface area contributed by atoms with Gasteiger partial charge in [-0.05, 0) is 49.6 Å². The largest absolute Gasteiger partial charge is 0.369 e. The number of nitrogens with one attached hydrogen (secondary N) is 1. The molecule has 2 amide bonds. The molecule has 1 aliphatic heterocycles. The van der Waals surface area contributed by atoms with Gasteiger partial charge in [0, 0.05) is 12.6 Å². The van der Waals surface area contributed by atoms with Crippen molar-refractivity contribution in [2.45, 2.75) is 38.6 Å². The Kier molecular flexibility index (Phi) is 6.08. The van der Waals surface area contributed by atoms with Crippen LogP contribution in [0.15, 0.2) is 30.5 Å². The van der Waals surface area contributed by atoms with E-state index in [1.165, 1.54) is 12.1 Å². The SMILES string of the molecule is CC(C)c1c(C(=O)NC2CCCN(CC(N)=O)C2)cnn1-c1ccc(F)cc1. The lowest BCUT2D eigenvalue weighted by atomic mass is 10.0. The second-order valence-corrected chi connectivity index (χ2v) is 7.50. The van der Waals surface area contributed by atoms with Crippen molar-refractivity contribution in [3.05, 3.63) is 47.5 Å². The summed E-state index contributed by atoms with van der Waals surface area (Å²) >= 11 is 0. The molecule has 3 rings (SSSR count). The first kappa shape index (κ1) is 20.0.